The molecule has 2 fully saturated rings. The first-order valence-corrected chi connectivity index (χ1v) is 8.90. The van der Waals surface area contributed by atoms with Crippen molar-refractivity contribution in [3.05, 3.63) is 34.9 Å². The van der Waals surface area contributed by atoms with Crippen LogP contribution in [0, 0.1) is 0 Å². The zero-order valence-corrected chi connectivity index (χ0v) is 14.3. The molecule has 0 radical (unpaired) electrons. The number of carboxylic acids is 1. The number of halogens is 1. The molecule has 0 aliphatic heterocycles. The lowest BCUT2D eigenvalue weighted by Crippen LogP contribution is -2.57. The molecule has 2 saturated carbocycles. The van der Waals surface area contributed by atoms with Gasteiger partial charge in [0, 0.05) is 23.1 Å². The smallest absolute Gasteiger partial charge is 0.317 e. The zero-order valence-electron chi connectivity index (χ0n) is 13.5. The van der Waals surface area contributed by atoms with Crippen LogP contribution in [-0.4, -0.2) is 47.2 Å². The van der Waals surface area contributed by atoms with E-state index in [9.17, 15) is 4.79 Å². The second-order valence-corrected chi connectivity index (χ2v) is 7.30. The standard InChI is InChI=1S/C18H25ClN2O2/c1-2-21(11-18(22)23)17-9-16(10-17)20-15-7-13(8-15)12-3-5-14(19)6-4-12/h3-6,13,15-17,20H,2,7-11H2,1H3,(H,22,23). The van der Waals surface area contributed by atoms with E-state index in [1.165, 1.54) is 18.4 Å². The minimum absolute atomic E-state index is 0.163. The Kier molecular flexibility index (Phi) is 5.24. The summed E-state index contributed by atoms with van der Waals surface area (Å²) in [5.41, 5.74) is 1.39. The molecule has 0 heterocycles. The molecular weight excluding hydrogens is 312 g/mol. The number of carbonyl (C=O) groups is 1. The maximum atomic E-state index is 10.9. The van der Waals surface area contributed by atoms with Gasteiger partial charge >= 0.3 is 5.97 Å². The van der Waals surface area contributed by atoms with Crippen LogP contribution in [0.25, 0.3) is 0 Å². The van der Waals surface area contributed by atoms with Crippen LogP contribution in [0.15, 0.2) is 24.3 Å². The van der Waals surface area contributed by atoms with Gasteiger partial charge in [-0.15, -0.1) is 0 Å². The SMILES string of the molecule is CCN(CC(=O)O)C1CC(NC2CC(c3ccc(Cl)cc3)C2)C1. The molecule has 1 aromatic carbocycles. The van der Waals surface area contributed by atoms with Crippen molar-refractivity contribution in [3.8, 4) is 0 Å². The van der Waals surface area contributed by atoms with Crippen LogP contribution in [0.3, 0.4) is 0 Å². The number of hydrogen-bond acceptors (Lipinski definition) is 3. The van der Waals surface area contributed by atoms with Crippen LogP contribution in [-0.2, 0) is 4.79 Å². The molecule has 0 spiro atoms. The number of nitrogens with one attached hydrogen (secondary N) is 1. The molecular formula is C18H25ClN2O2. The fourth-order valence-corrected chi connectivity index (χ4v) is 3.92. The molecule has 126 valence electrons. The minimum Gasteiger partial charge on any atom is -0.480 e. The molecule has 0 unspecified atom stereocenters. The summed E-state index contributed by atoms with van der Waals surface area (Å²) in [5, 5.41) is 13.5. The Morgan fingerprint density at radius 3 is 2.39 bits per heavy atom. The third-order valence-corrected chi connectivity index (χ3v) is 5.58. The summed E-state index contributed by atoms with van der Waals surface area (Å²) in [6, 6.07) is 9.80. The van der Waals surface area contributed by atoms with E-state index in [1.807, 2.05) is 19.1 Å². The van der Waals surface area contributed by atoms with Crippen molar-refractivity contribution in [3.63, 3.8) is 0 Å². The van der Waals surface area contributed by atoms with Crippen molar-refractivity contribution < 1.29 is 9.90 Å². The normalized spacial score (nSPS) is 29.9. The van der Waals surface area contributed by atoms with E-state index in [0.717, 1.165) is 24.4 Å². The van der Waals surface area contributed by atoms with Crippen molar-refractivity contribution in [2.45, 2.75) is 56.7 Å². The van der Waals surface area contributed by atoms with Crippen molar-refractivity contribution in [1.82, 2.24) is 10.2 Å². The Hall–Kier alpha value is -1.10. The highest BCUT2D eigenvalue weighted by atomic mass is 35.5. The predicted octanol–water partition coefficient (Wildman–Crippen LogP) is 3.11. The summed E-state index contributed by atoms with van der Waals surface area (Å²) in [4.78, 5) is 12.9. The van der Waals surface area contributed by atoms with Gasteiger partial charge in [0.15, 0.2) is 0 Å². The largest absolute Gasteiger partial charge is 0.480 e. The average molecular weight is 337 g/mol. The zero-order chi connectivity index (χ0) is 16.4. The number of carboxylic acid groups (broad SMARTS) is 1. The van der Waals surface area contributed by atoms with Crippen molar-refractivity contribution in [2.24, 2.45) is 0 Å². The molecule has 2 N–H and O–H groups in total. The highest BCUT2D eigenvalue weighted by Gasteiger charge is 2.38. The van der Waals surface area contributed by atoms with Gasteiger partial charge in [0.05, 0.1) is 6.54 Å². The van der Waals surface area contributed by atoms with Gasteiger partial charge in [-0.1, -0.05) is 30.7 Å². The number of hydrogen-bond donors (Lipinski definition) is 2. The summed E-state index contributed by atoms with van der Waals surface area (Å²) < 4.78 is 0. The van der Waals surface area contributed by atoms with Crippen LogP contribution >= 0.6 is 11.6 Å². The number of aliphatic carboxylic acids is 1. The molecule has 0 bridgehead atoms. The summed E-state index contributed by atoms with van der Waals surface area (Å²) in [5.74, 6) is -0.0761. The molecule has 3 rings (SSSR count). The highest BCUT2D eigenvalue weighted by Crippen LogP contribution is 2.38. The first kappa shape index (κ1) is 16.7. The van der Waals surface area contributed by atoms with E-state index >= 15 is 0 Å². The van der Waals surface area contributed by atoms with Gasteiger partial charge in [-0.2, -0.15) is 0 Å². The van der Waals surface area contributed by atoms with Crippen LogP contribution < -0.4 is 5.32 Å². The van der Waals surface area contributed by atoms with Crippen molar-refractivity contribution in [2.75, 3.05) is 13.1 Å². The monoisotopic (exact) mass is 336 g/mol. The minimum atomic E-state index is -0.729. The molecule has 0 atom stereocenters. The van der Waals surface area contributed by atoms with Crippen LogP contribution in [0.4, 0.5) is 0 Å². The lowest BCUT2D eigenvalue weighted by molar-refractivity contribution is -0.139. The van der Waals surface area contributed by atoms with E-state index < -0.39 is 5.97 Å². The van der Waals surface area contributed by atoms with E-state index in [-0.39, 0.29) is 6.54 Å². The third kappa shape index (κ3) is 4.06. The van der Waals surface area contributed by atoms with E-state index in [0.29, 0.717) is 24.0 Å². The topological polar surface area (TPSA) is 52.6 Å². The molecule has 0 aromatic heterocycles. The van der Waals surface area contributed by atoms with Gasteiger partial charge in [-0.3, -0.25) is 9.69 Å². The fraction of sp³-hybridized carbons (Fsp3) is 0.611. The second kappa shape index (κ2) is 7.20. The van der Waals surface area contributed by atoms with E-state index in [2.05, 4.69) is 22.3 Å². The van der Waals surface area contributed by atoms with Gasteiger partial charge in [-0.05, 0) is 55.8 Å². The van der Waals surface area contributed by atoms with Gasteiger partial charge in [0.25, 0.3) is 0 Å². The molecule has 23 heavy (non-hydrogen) atoms. The maximum absolute atomic E-state index is 10.9. The first-order chi connectivity index (χ1) is 11.0. The lowest BCUT2D eigenvalue weighted by Gasteiger charge is -2.46. The molecule has 2 aliphatic carbocycles. The molecule has 1 aromatic rings. The van der Waals surface area contributed by atoms with Crippen LogP contribution in [0.2, 0.25) is 5.02 Å². The molecule has 4 nitrogen and oxygen atoms in total. The van der Waals surface area contributed by atoms with Crippen LogP contribution in [0.1, 0.15) is 44.1 Å². The van der Waals surface area contributed by atoms with Crippen LogP contribution in [0.5, 0.6) is 0 Å². The Balaban J connectivity index is 1.37. The predicted molar refractivity (Wildman–Crippen MR) is 92.0 cm³/mol. The third-order valence-electron chi connectivity index (χ3n) is 5.33. The lowest BCUT2D eigenvalue weighted by atomic mass is 9.74. The van der Waals surface area contributed by atoms with Crippen molar-refractivity contribution in [1.29, 1.82) is 0 Å². The average Bonchev–Trinajstić information content (AvgIpc) is 2.43. The van der Waals surface area contributed by atoms with E-state index in [4.69, 9.17) is 16.7 Å². The van der Waals surface area contributed by atoms with E-state index in [1.54, 1.807) is 0 Å². The summed E-state index contributed by atoms with van der Waals surface area (Å²) in [6.45, 7) is 3.01. The van der Waals surface area contributed by atoms with Crippen molar-refractivity contribution >= 4 is 17.6 Å². The quantitative estimate of drug-likeness (QED) is 0.803. The van der Waals surface area contributed by atoms with Gasteiger partial charge in [0.2, 0.25) is 0 Å². The Labute approximate surface area is 142 Å². The highest BCUT2D eigenvalue weighted by molar-refractivity contribution is 6.30. The Morgan fingerprint density at radius 2 is 1.83 bits per heavy atom. The Morgan fingerprint density at radius 1 is 1.22 bits per heavy atom. The molecule has 0 saturated heterocycles. The number of nitrogens with zero attached hydrogens (tertiary/aromatic N) is 1. The molecule has 5 heteroatoms. The maximum Gasteiger partial charge on any atom is 0.317 e. The Bertz CT molecular complexity index is 536. The fourth-order valence-electron chi connectivity index (χ4n) is 3.79. The molecule has 2 aliphatic rings. The number of likely N-dealkylation sites (N-methyl/N-ethyl adjacent to an activating group) is 1. The summed E-state index contributed by atoms with van der Waals surface area (Å²) >= 11 is 5.93. The van der Waals surface area contributed by atoms with Gasteiger partial charge in [0.1, 0.15) is 0 Å². The van der Waals surface area contributed by atoms with Gasteiger partial charge in [-0.25, -0.2) is 0 Å². The number of benzene rings is 1. The first-order valence-electron chi connectivity index (χ1n) is 8.52. The van der Waals surface area contributed by atoms with Gasteiger partial charge < -0.3 is 10.4 Å². The number of rotatable bonds is 7. The second-order valence-electron chi connectivity index (χ2n) is 6.86. The summed E-state index contributed by atoms with van der Waals surface area (Å²) in [7, 11) is 0. The molecule has 0 amide bonds. The summed E-state index contributed by atoms with van der Waals surface area (Å²) in [6.07, 6.45) is 4.53.